The van der Waals surface area contributed by atoms with Crippen molar-refractivity contribution in [3.05, 3.63) is 28.5 Å². The Morgan fingerprint density at radius 2 is 2.00 bits per heavy atom. The van der Waals surface area contributed by atoms with E-state index in [0.29, 0.717) is 16.1 Å². The molecule has 0 bridgehead atoms. The molecule has 2 aromatic rings. The van der Waals surface area contributed by atoms with E-state index < -0.39 is 31.1 Å². The molecule has 0 amide bonds. The van der Waals surface area contributed by atoms with Crippen LogP contribution in [0.5, 0.6) is 0 Å². The number of aliphatic hydroxyl groups excluding tert-OH is 3. The van der Waals surface area contributed by atoms with E-state index in [2.05, 4.69) is 4.98 Å². The van der Waals surface area contributed by atoms with E-state index in [1.807, 2.05) is 0 Å². The van der Waals surface area contributed by atoms with Crippen molar-refractivity contribution in [3.8, 4) is 0 Å². The van der Waals surface area contributed by atoms with E-state index in [0.717, 1.165) is 0 Å². The average molecular weight is 319 g/mol. The predicted molar refractivity (Wildman–Crippen MR) is 72.8 cm³/mol. The molecule has 1 saturated heterocycles. The Morgan fingerprint density at radius 3 is 2.65 bits per heavy atom. The summed E-state index contributed by atoms with van der Waals surface area (Å²) in [5, 5.41) is 29.6. The van der Waals surface area contributed by atoms with Crippen LogP contribution in [-0.2, 0) is 4.74 Å². The molecule has 6 nitrogen and oxygen atoms in total. The van der Waals surface area contributed by atoms with Crippen molar-refractivity contribution in [2.45, 2.75) is 24.5 Å². The van der Waals surface area contributed by atoms with Gasteiger partial charge in [-0.2, -0.15) is 0 Å². The molecule has 108 valence electrons. The second-order valence-electron chi connectivity index (χ2n) is 4.61. The number of nitrogens with zero attached hydrogens (tertiary/aromatic N) is 2. The number of aliphatic hydroxyl groups is 3. The summed E-state index contributed by atoms with van der Waals surface area (Å²) < 4.78 is 6.90. The highest BCUT2D eigenvalue weighted by Gasteiger charge is 2.44. The van der Waals surface area contributed by atoms with Crippen molar-refractivity contribution < 1.29 is 20.1 Å². The van der Waals surface area contributed by atoms with Crippen LogP contribution in [0.1, 0.15) is 6.23 Å². The molecule has 3 N–H and O–H groups in total. The van der Waals surface area contributed by atoms with E-state index in [1.54, 1.807) is 18.2 Å². The molecule has 1 aromatic carbocycles. The summed E-state index contributed by atoms with van der Waals surface area (Å²) in [6, 6.07) is 5.01. The summed E-state index contributed by atoms with van der Waals surface area (Å²) in [5.74, 6) is 0. The smallest absolute Gasteiger partial charge is 0.206 e. The third kappa shape index (κ3) is 2.09. The largest absolute Gasteiger partial charge is 0.394 e. The van der Waals surface area contributed by atoms with Gasteiger partial charge in [0.2, 0.25) is 5.28 Å². The normalized spacial score (nSPS) is 30.2. The van der Waals surface area contributed by atoms with E-state index >= 15 is 0 Å². The van der Waals surface area contributed by atoms with Crippen molar-refractivity contribution >= 4 is 34.2 Å². The summed E-state index contributed by atoms with van der Waals surface area (Å²) in [6.45, 7) is -0.403. The van der Waals surface area contributed by atoms with Crippen LogP contribution in [0, 0.1) is 0 Å². The van der Waals surface area contributed by atoms with Crippen LogP contribution in [0.4, 0.5) is 0 Å². The van der Waals surface area contributed by atoms with E-state index in [4.69, 9.17) is 33.0 Å². The number of hydrogen-bond acceptors (Lipinski definition) is 5. The first-order valence-electron chi connectivity index (χ1n) is 5.98. The first-order valence-corrected chi connectivity index (χ1v) is 6.74. The average Bonchev–Trinajstić information content (AvgIpc) is 2.88. The lowest BCUT2D eigenvalue weighted by molar-refractivity contribution is -0.0507. The first kappa shape index (κ1) is 14.1. The molecule has 8 heteroatoms. The lowest BCUT2D eigenvalue weighted by Crippen LogP contribution is -2.33. The maximum atomic E-state index is 10.1. The highest BCUT2D eigenvalue weighted by molar-refractivity contribution is 6.31. The Morgan fingerprint density at radius 1 is 1.25 bits per heavy atom. The van der Waals surface area contributed by atoms with Crippen LogP contribution >= 0.6 is 23.2 Å². The molecular weight excluding hydrogens is 307 g/mol. The monoisotopic (exact) mass is 318 g/mol. The number of fused-ring (bicyclic) bond motifs is 1. The SMILES string of the molecule is OCC1OC(n2c(Cl)nc3ccc(Cl)cc32)C(O)C1O. The van der Waals surface area contributed by atoms with Gasteiger partial charge in [0.15, 0.2) is 6.23 Å². The van der Waals surface area contributed by atoms with Gasteiger partial charge in [0, 0.05) is 5.02 Å². The summed E-state index contributed by atoms with van der Waals surface area (Å²) in [6.07, 6.45) is -4.22. The van der Waals surface area contributed by atoms with Gasteiger partial charge in [-0.05, 0) is 29.8 Å². The number of halogens is 2. The summed E-state index contributed by atoms with van der Waals surface area (Å²) in [7, 11) is 0. The second kappa shape index (κ2) is 5.14. The number of hydrogen-bond donors (Lipinski definition) is 3. The third-order valence-electron chi connectivity index (χ3n) is 3.38. The van der Waals surface area contributed by atoms with Gasteiger partial charge in [-0.15, -0.1) is 0 Å². The first-order chi connectivity index (χ1) is 9.52. The maximum absolute atomic E-state index is 10.1. The molecule has 0 spiro atoms. The van der Waals surface area contributed by atoms with E-state index in [-0.39, 0.29) is 5.28 Å². The highest BCUT2D eigenvalue weighted by atomic mass is 35.5. The zero-order chi connectivity index (χ0) is 14.4. The zero-order valence-electron chi connectivity index (χ0n) is 10.1. The van der Waals surface area contributed by atoms with Crippen LogP contribution in [0.3, 0.4) is 0 Å². The molecular formula is C12H12Cl2N2O4. The van der Waals surface area contributed by atoms with Gasteiger partial charge in [-0.25, -0.2) is 4.98 Å². The Hall–Kier alpha value is -0.890. The number of ether oxygens (including phenoxy) is 1. The second-order valence-corrected chi connectivity index (χ2v) is 5.39. The van der Waals surface area contributed by atoms with Crippen molar-refractivity contribution in [2.24, 2.45) is 0 Å². The zero-order valence-corrected chi connectivity index (χ0v) is 11.7. The van der Waals surface area contributed by atoms with E-state index in [9.17, 15) is 10.2 Å². The fourth-order valence-electron chi connectivity index (χ4n) is 2.37. The molecule has 1 fully saturated rings. The predicted octanol–water partition coefficient (Wildman–Crippen LogP) is 0.955. The van der Waals surface area contributed by atoms with Crippen LogP contribution < -0.4 is 0 Å². The molecule has 1 aromatic heterocycles. The van der Waals surface area contributed by atoms with Crippen molar-refractivity contribution in [1.29, 1.82) is 0 Å². The number of benzene rings is 1. The minimum absolute atomic E-state index is 0.108. The Kier molecular flexibility index (Phi) is 3.62. The maximum Gasteiger partial charge on any atom is 0.206 e. The standard InChI is InChI=1S/C12H12Cl2N2O4/c13-5-1-2-6-7(3-5)16(12(14)15-6)11-10(19)9(18)8(4-17)20-11/h1-3,8-11,17-19H,4H2. The third-order valence-corrected chi connectivity index (χ3v) is 3.88. The summed E-state index contributed by atoms with van der Waals surface area (Å²) >= 11 is 12.0. The Bertz CT molecular complexity index is 648. The van der Waals surface area contributed by atoms with Crippen LogP contribution in [0.25, 0.3) is 11.0 Å². The lowest BCUT2D eigenvalue weighted by Gasteiger charge is -2.18. The molecule has 4 atom stereocenters. The molecule has 20 heavy (non-hydrogen) atoms. The molecule has 0 aliphatic carbocycles. The van der Waals surface area contributed by atoms with Gasteiger partial charge in [0.25, 0.3) is 0 Å². The van der Waals surface area contributed by atoms with Gasteiger partial charge in [0.1, 0.15) is 18.3 Å². The van der Waals surface area contributed by atoms with Gasteiger partial charge in [-0.1, -0.05) is 11.6 Å². The molecule has 0 saturated carbocycles. The number of imidazole rings is 1. The van der Waals surface area contributed by atoms with Crippen molar-refractivity contribution in [3.63, 3.8) is 0 Å². The van der Waals surface area contributed by atoms with Crippen LogP contribution in [0.2, 0.25) is 10.3 Å². The van der Waals surface area contributed by atoms with Crippen LogP contribution in [0.15, 0.2) is 18.2 Å². The summed E-state index contributed by atoms with van der Waals surface area (Å²) in [4.78, 5) is 4.14. The van der Waals surface area contributed by atoms with Gasteiger partial charge in [-0.3, -0.25) is 4.57 Å². The molecule has 1 aliphatic rings. The molecule has 1 aliphatic heterocycles. The van der Waals surface area contributed by atoms with Crippen molar-refractivity contribution in [2.75, 3.05) is 6.61 Å². The lowest BCUT2D eigenvalue weighted by atomic mass is 10.1. The number of rotatable bonds is 2. The minimum Gasteiger partial charge on any atom is -0.394 e. The highest BCUT2D eigenvalue weighted by Crippen LogP contribution is 2.35. The van der Waals surface area contributed by atoms with Crippen LogP contribution in [-0.4, -0.2) is 49.8 Å². The Balaban J connectivity index is 2.10. The number of aromatic nitrogens is 2. The van der Waals surface area contributed by atoms with E-state index in [1.165, 1.54) is 4.57 Å². The molecule has 2 heterocycles. The Labute approximate surface area is 124 Å². The van der Waals surface area contributed by atoms with Gasteiger partial charge < -0.3 is 20.1 Å². The molecule has 0 radical (unpaired) electrons. The fraction of sp³-hybridized carbons (Fsp3) is 0.417. The molecule has 4 unspecified atom stereocenters. The van der Waals surface area contributed by atoms with Crippen molar-refractivity contribution in [1.82, 2.24) is 9.55 Å². The summed E-state index contributed by atoms with van der Waals surface area (Å²) in [5.41, 5.74) is 1.18. The fourth-order valence-corrected chi connectivity index (χ4v) is 2.82. The van der Waals surface area contributed by atoms with Gasteiger partial charge in [0.05, 0.1) is 17.6 Å². The van der Waals surface area contributed by atoms with Gasteiger partial charge >= 0.3 is 0 Å². The molecule has 3 rings (SSSR count). The minimum atomic E-state index is -1.22. The topological polar surface area (TPSA) is 87.7 Å². The quantitative estimate of drug-likeness (QED) is 0.767.